The summed E-state index contributed by atoms with van der Waals surface area (Å²) in [6.07, 6.45) is 0. The summed E-state index contributed by atoms with van der Waals surface area (Å²) in [5, 5.41) is 10.3. The van der Waals surface area contributed by atoms with Gasteiger partial charge in [0, 0.05) is 73.3 Å². The van der Waals surface area contributed by atoms with Crippen molar-refractivity contribution in [1.29, 1.82) is 0 Å². The van der Waals surface area contributed by atoms with Gasteiger partial charge in [-0.1, -0.05) is 115 Å². The average Bonchev–Trinajstić information content (AvgIpc) is 4.03. The zero-order valence-corrected chi connectivity index (χ0v) is 32.8. The molecule has 9 aromatic carbocycles. The van der Waals surface area contributed by atoms with E-state index in [4.69, 9.17) is 0 Å². The van der Waals surface area contributed by atoms with Gasteiger partial charge in [0.15, 0.2) is 0 Å². The summed E-state index contributed by atoms with van der Waals surface area (Å²) >= 11 is 3.74. The molecule has 2 nitrogen and oxygen atoms in total. The van der Waals surface area contributed by atoms with E-state index in [1.165, 1.54) is 106 Å². The smallest absolute Gasteiger partial charge is 0.0548 e. The molecule has 0 saturated carbocycles. The lowest BCUT2D eigenvalue weighted by molar-refractivity contribution is 1.17. The highest BCUT2D eigenvalue weighted by atomic mass is 32.1. The summed E-state index contributed by atoms with van der Waals surface area (Å²) in [7, 11) is 0. The number of thiophene rings is 2. The summed E-state index contributed by atoms with van der Waals surface area (Å²) in [6.45, 7) is 0. The van der Waals surface area contributed by atoms with Gasteiger partial charge in [-0.3, -0.25) is 0 Å². The zero-order chi connectivity index (χ0) is 37.9. The molecule has 0 amide bonds. The Hall–Kier alpha value is -6.98. The maximum atomic E-state index is 2.44. The first-order valence-electron chi connectivity index (χ1n) is 19.7. The van der Waals surface area contributed by atoms with E-state index in [9.17, 15) is 0 Å². The summed E-state index contributed by atoms with van der Waals surface area (Å²) in [4.78, 5) is 0. The van der Waals surface area contributed by atoms with Gasteiger partial charge in [0.05, 0.1) is 22.1 Å². The number of rotatable bonds is 4. The zero-order valence-electron chi connectivity index (χ0n) is 31.2. The SMILES string of the molecule is c1ccc2c(c1)sc1cc(-c3ccc(-n4c5ccccc5c5cc6c(cc54)c4ccccc4n6-c4ccc(-c5ccc6sc7ccccc7c6c5)cc4)cc3)ccc12. The molecule has 0 fully saturated rings. The number of para-hydroxylation sites is 2. The first-order valence-corrected chi connectivity index (χ1v) is 21.4. The van der Waals surface area contributed by atoms with Crippen LogP contribution in [0.25, 0.3) is 118 Å². The van der Waals surface area contributed by atoms with Gasteiger partial charge in [0.2, 0.25) is 0 Å². The molecule has 0 radical (unpaired) electrons. The fraction of sp³-hybridized carbons (Fsp3) is 0. The molecule has 4 heteroatoms. The highest BCUT2D eigenvalue weighted by Crippen LogP contribution is 2.42. The van der Waals surface area contributed by atoms with E-state index in [0.29, 0.717) is 0 Å². The van der Waals surface area contributed by atoms with Crippen LogP contribution in [0.5, 0.6) is 0 Å². The van der Waals surface area contributed by atoms with Gasteiger partial charge in [-0.25, -0.2) is 0 Å². The molecule has 4 aromatic heterocycles. The van der Waals surface area contributed by atoms with Crippen LogP contribution in [0.3, 0.4) is 0 Å². The van der Waals surface area contributed by atoms with Crippen molar-refractivity contribution in [3.8, 4) is 33.6 Å². The Morgan fingerprint density at radius 3 is 1.24 bits per heavy atom. The highest BCUT2D eigenvalue weighted by Gasteiger charge is 2.19. The molecule has 13 aromatic rings. The Morgan fingerprint density at radius 1 is 0.241 bits per heavy atom. The quantitative estimate of drug-likeness (QED) is 0.169. The first kappa shape index (κ1) is 32.1. The van der Waals surface area contributed by atoms with Gasteiger partial charge in [-0.15, -0.1) is 22.7 Å². The largest absolute Gasteiger partial charge is 0.309 e. The lowest BCUT2D eigenvalue weighted by Crippen LogP contribution is -1.95. The number of benzene rings is 9. The van der Waals surface area contributed by atoms with Crippen molar-refractivity contribution in [2.75, 3.05) is 0 Å². The maximum Gasteiger partial charge on any atom is 0.0548 e. The van der Waals surface area contributed by atoms with Crippen molar-refractivity contribution in [3.05, 3.63) is 194 Å². The van der Waals surface area contributed by atoms with Crippen molar-refractivity contribution in [2.24, 2.45) is 0 Å². The van der Waals surface area contributed by atoms with Crippen LogP contribution in [0.1, 0.15) is 0 Å². The molecule has 0 unspecified atom stereocenters. The minimum Gasteiger partial charge on any atom is -0.309 e. The summed E-state index contributed by atoms with van der Waals surface area (Å²) < 4.78 is 10.2. The molecule has 13 rings (SSSR count). The Labute approximate surface area is 341 Å². The summed E-state index contributed by atoms with van der Waals surface area (Å²) in [6, 6.07) is 72.0. The third-order valence-electron chi connectivity index (χ3n) is 12.1. The van der Waals surface area contributed by atoms with Crippen molar-refractivity contribution in [2.45, 2.75) is 0 Å². The fourth-order valence-electron chi connectivity index (χ4n) is 9.40. The van der Waals surface area contributed by atoms with Gasteiger partial charge >= 0.3 is 0 Å². The van der Waals surface area contributed by atoms with Crippen LogP contribution in [0.2, 0.25) is 0 Å². The van der Waals surface area contributed by atoms with Gasteiger partial charge in [-0.05, 0) is 101 Å². The fourth-order valence-corrected chi connectivity index (χ4v) is 11.6. The average molecular weight is 773 g/mol. The third kappa shape index (κ3) is 4.70. The first-order chi connectivity index (χ1) is 28.7. The van der Waals surface area contributed by atoms with Crippen molar-refractivity contribution in [3.63, 3.8) is 0 Å². The van der Waals surface area contributed by atoms with E-state index in [1.807, 2.05) is 22.7 Å². The van der Waals surface area contributed by atoms with E-state index in [1.54, 1.807) is 0 Å². The molecule has 0 spiro atoms. The van der Waals surface area contributed by atoms with E-state index in [2.05, 4.69) is 203 Å². The van der Waals surface area contributed by atoms with Gasteiger partial charge in [-0.2, -0.15) is 0 Å². The van der Waals surface area contributed by atoms with Crippen LogP contribution in [0.15, 0.2) is 194 Å². The molecule has 0 N–H and O–H groups in total. The molecule has 0 bridgehead atoms. The monoisotopic (exact) mass is 772 g/mol. The van der Waals surface area contributed by atoms with E-state index in [0.717, 1.165) is 11.4 Å². The molecule has 0 aliphatic rings. The number of hydrogen-bond donors (Lipinski definition) is 0. The lowest BCUT2D eigenvalue weighted by atomic mass is 10.0. The normalized spacial score (nSPS) is 12.1. The molecular formula is C54H32N2S2. The van der Waals surface area contributed by atoms with E-state index >= 15 is 0 Å². The topological polar surface area (TPSA) is 9.86 Å². The number of hydrogen-bond acceptors (Lipinski definition) is 2. The molecule has 0 atom stereocenters. The number of fused-ring (bicyclic) bond motifs is 12. The molecule has 270 valence electrons. The minimum atomic E-state index is 1.16. The van der Waals surface area contributed by atoms with Gasteiger partial charge < -0.3 is 9.13 Å². The highest BCUT2D eigenvalue weighted by molar-refractivity contribution is 7.26. The van der Waals surface area contributed by atoms with Crippen molar-refractivity contribution in [1.82, 2.24) is 9.13 Å². The van der Waals surface area contributed by atoms with Crippen LogP contribution >= 0.6 is 22.7 Å². The standard InChI is InChI=1S/C54H32N2S2/c1-5-13-47-39(9-1)44-32-50-45(31-49(44)55(47)37-23-17-33(18-24-37)35-22-28-53-46(29-35)42-12-4-8-16-52(42)57-53)40-10-2-6-14-48(40)56(50)38-25-19-34(20-26-38)36-21-27-43-41-11-3-7-15-51(41)58-54(43)30-36/h1-32H. The molecule has 4 heterocycles. The van der Waals surface area contributed by atoms with Crippen LogP contribution < -0.4 is 0 Å². The Kier molecular flexibility index (Phi) is 6.79. The predicted molar refractivity (Wildman–Crippen MR) is 252 cm³/mol. The van der Waals surface area contributed by atoms with Crippen LogP contribution in [0, 0.1) is 0 Å². The second kappa shape index (κ2) is 12.3. The number of nitrogens with zero attached hydrogens (tertiary/aromatic N) is 2. The predicted octanol–water partition coefficient (Wildman–Crippen LogP) is 16.0. The van der Waals surface area contributed by atoms with Crippen LogP contribution in [0.4, 0.5) is 0 Å². The third-order valence-corrected chi connectivity index (χ3v) is 14.4. The minimum absolute atomic E-state index is 1.16. The lowest BCUT2D eigenvalue weighted by Gasteiger charge is -2.11. The summed E-state index contributed by atoms with van der Waals surface area (Å²) in [5.41, 5.74) is 12.1. The van der Waals surface area contributed by atoms with Gasteiger partial charge in [0.25, 0.3) is 0 Å². The molecule has 0 aliphatic heterocycles. The van der Waals surface area contributed by atoms with E-state index in [-0.39, 0.29) is 0 Å². The molecule has 0 aliphatic carbocycles. The van der Waals surface area contributed by atoms with Crippen LogP contribution in [-0.4, -0.2) is 9.13 Å². The molecule has 0 saturated heterocycles. The van der Waals surface area contributed by atoms with Crippen LogP contribution in [-0.2, 0) is 0 Å². The second-order valence-corrected chi connectivity index (χ2v) is 17.5. The Balaban J connectivity index is 0.936. The van der Waals surface area contributed by atoms with Gasteiger partial charge in [0.1, 0.15) is 0 Å². The van der Waals surface area contributed by atoms with Crippen molar-refractivity contribution >= 4 is 107 Å². The van der Waals surface area contributed by atoms with Crippen molar-refractivity contribution < 1.29 is 0 Å². The molecule has 58 heavy (non-hydrogen) atoms. The Bertz CT molecular complexity index is 3780. The number of aromatic nitrogens is 2. The second-order valence-electron chi connectivity index (χ2n) is 15.3. The Morgan fingerprint density at radius 2 is 0.655 bits per heavy atom. The maximum absolute atomic E-state index is 2.44. The van der Waals surface area contributed by atoms with E-state index < -0.39 is 0 Å². The molecular weight excluding hydrogens is 741 g/mol. The summed E-state index contributed by atoms with van der Waals surface area (Å²) in [5.74, 6) is 0.